The van der Waals surface area contributed by atoms with Gasteiger partial charge in [-0.1, -0.05) is 51.2 Å². The Balaban J connectivity index is -0.000000245. The molecule has 256 valence electrons. The first-order chi connectivity index (χ1) is 20.7. The van der Waals surface area contributed by atoms with Crippen molar-refractivity contribution in [2.24, 2.45) is 11.8 Å². The van der Waals surface area contributed by atoms with Crippen LogP contribution in [0.15, 0.2) is 133 Å². The van der Waals surface area contributed by atoms with Gasteiger partial charge in [-0.3, -0.25) is 0 Å². The second-order valence-corrected chi connectivity index (χ2v) is 12.9. The Bertz CT molecular complexity index is 1260. The van der Waals surface area contributed by atoms with Gasteiger partial charge >= 0.3 is 52.4 Å². The van der Waals surface area contributed by atoms with Gasteiger partial charge in [0.25, 0.3) is 0 Å². The Morgan fingerprint density at radius 2 is 0.896 bits per heavy atom. The molecule has 0 saturated heterocycles. The van der Waals surface area contributed by atoms with Gasteiger partial charge < -0.3 is 0 Å². The fourth-order valence-electron chi connectivity index (χ4n) is 5.47. The van der Waals surface area contributed by atoms with Crippen LogP contribution in [0, 0.1) is 24.7 Å². The van der Waals surface area contributed by atoms with Crippen LogP contribution in [0.4, 0.5) is 0 Å². The van der Waals surface area contributed by atoms with E-state index in [1.54, 1.807) is 11.1 Å². The molecule has 0 amide bonds. The Hall–Kier alpha value is -0.280. The molecular formula is C40H52Cl4Si2Zr2. The van der Waals surface area contributed by atoms with Gasteiger partial charge in [0, 0.05) is 19.0 Å². The fraction of sp³-hybridized carbons (Fsp3) is 0.300. The summed E-state index contributed by atoms with van der Waals surface area (Å²) in [5, 5.41) is 5.32. The number of hydrogen-bond donors (Lipinski definition) is 0. The summed E-state index contributed by atoms with van der Waals surface area (Å²) in [5.41, 5.74) is 3.16. The molecule has 0 heterocycles. The molecule has 8 rings (SSSR count). The smallest absolute Gasteiger partial charge is 0.227 e. The van der Waals surface area contributed by atoms with Gasteiger partial charge in [0.2, 0.25) is 0 Å². The van der Waals surface area contributed by atoms with E-state index in [-0.39, 0.29) is 102 Å². The molecular weight excluding hydrogens is 861 g/mol. The molecule has 0 aromatic heterocycles. The summed E-state index contributed by atoms with van der Waals surface area (Å²) in [7, 11) is 2.17. The maximum atomic E-state index is 2.37. The van der Waals surface area contributed by atoms with Crippen molar-refractivity contribution in [1.82, 2.24) is 0 Å². The van der Waals surface area contributed by atoms with Crippen molar-refractivity contribution in [3.05, 3.63) is 145 Å². The minimum absolute atomic E-state index is 0. The van der Waals surface area contributed by atoms with Crippen LogP contribution in [-0.4, -0.2) is 19.0 Å². The molecule has 2 atom stereocenters. The van der Waals surface area contributed by atoms with E-state index < -0.39 is 0 Å². The van der Waals surface area contributed by atoms with Crippen LogP contribution >= 0.6 is 49.6 Å². The normalized spacial score (nSPS) is 16.2. The van der Waals surface area contributed by atoms with E-state index in [9.17, 15) is 0 Å². The second kappa shape index (κ2) is 33.8. The first-order valence-corrected chi connectivity index (χ1v) is 19.5. The molecule has 48 heavy (non-hydrogen) atoms. The van der Waals surface area contributed by atoms with E-state index in [0.29, 0.717) is 0 Å². The van der Waals surface area contributed by atoms with Crippen molar-refractivity contribution in [3.8, 4) is 0 Å². The maximum absolute atomic E-state index is 2.37. The zero-order valence-electron chi connectivity index (χ0n) is 28.7. The number of benzene rings is 2. The summed E-state index contributed by atoms with van der Waals surface area (Å²) < 4.78 is 0. The quantitative estimate of drug-likeness (QED) is 0.122. The Morgan fingerprint density at radius 1 is 0.542 bits per heavy atom. The molecule has 4 aliphatic carbocycles. The average Bonchev–Trinajstić information content (AvgIpc) is 3.85. The fourth-order valence-corrected chi connectivity index (χ4v) is 5.47. The summed E-state index contributed by atoms with van der Waals surface area (Å²) in [5.74, 6) is 1.77. The van der Waals surface area contributed by atoms with Crippen LogP contribution in [0.5, 0.6) is 0 Å². The Morgan fingerprint density at radius 3 is 1.23 bits per heavy atom. The van der Waals surface area contributed by atoms with Crippen LogP contribution in [0.1, 0.15) is 38.5 Å². The van der Waals surface area contributed by atoms with Gasteiger partial charge in [-0.05, 0) is 24.7 Å². The predicted molar refractivity (Wildman–Crippen MR) is 221 cm³/mol. The molecule has 0 aliphatic heterocycles. The van der Waals surface area contributed by atoms with Gasteiger partial charge in [-0.25, -0.2) is 36.1 Å². The predicted octanol–water partition coefficient (Wildman–Crippen LogP) is 13.3. The molecule has 4 aliphatic rings. The Labute approximate surface area is 360 Å². The minimum Gasteiger partial charge on any atom is -0.227 e. The standard InChI is InChI=1S/2C9H11.2C9H7.2C2H6Si.4ClH.2Zr/c4*1-2-5-9-7-3-6-8(9)4-1;2*1-3-2;;;;;;/h2*1-2,4,6,9H,3,5,7H2;2*1-7H;2*1-2H3;4*1H;;/q4*-1;;;;;;;2*+2. The first kappa shape index (κ1) is 54.5. The van der Waals surface area contributed by atoms with Crippen molar-refractivity contribution < 1.29 is 52.4 Å². The molecule has 0 nitrogen and oxygen atoms in total. The van der Waals surface area contributed by atoms with Crippen molar-refractivity contribution in [1.29, 1.82) is 0 Å². The number of halogens is 4. The van der Waals surface area contributed by atoms with E-state index in [1.807, 2.05) is 0 Å². The zero-order valence-corrected chi connectivity index (χ0v) is 38.9. The summed E-state index contributed by atoms with van der Waals surface area (Å²) in [6, 6.07) is 29.3. The molecule has 0 spiro atoms. The second-order valence-electron chi connectivity index (χ2n) is 10.9. The van der Waals surface area contributed by atoms with Gasteiger partial charge in [-0.2, -0.15) is 35.0 Å². The van der Waals surface area contributed by atoms with Crippen LogP contribution < -0.4 is 0 Å². The van der Waals surface area contributed by atoms with Crippen LogP contribution in [0.2, 0.25) is 26.2 Å². The molecule has 2 fully saturated rings. The minimum atomic E-state index is 0. The van der Waals surface area contributed by atoms with Crippen LogP contribution in [0.3, 0.4) is 0 Å². The summed E-state index contributed by atoms with van der Waals surface area (Å²) in [6.07, 6.45) is 26.1. The van der Waals surface area contributed by atoms with Crippen molar-refractivity contribution in [3.63, 3.8) is 0 Å². The molecule has 4 aromatic carbocycles. The van der Waals surface area contributed by atoms with Crippen molar-refractivity contribution in [2.45, 2.75) is 64.7 Å². The van der Waals surface area contributed by atoms with Gasteiger partial charge in [0.15, 0.2) is 0 Å². The van der Waals surface area contributed by atoms with Gasteiger partial charge in [-0.15, -0.1) is 146 Å². The molecule has 8 heteroatoms. The number of fused-ring (bicyclic) bond motifs is 4. The molecule has 0 bridgehead atoms. The SMILES string of the molecule is C1=CCC2CC[CH-]C2=C1.C1=CCC2CC[CH-]C2=C1.C[Si]C.C[Si]C.Cl.Cl.Cl.Cl.[Zr+2].[Zr+2].c1ccc2[cH-]ccc2c1.c1ccc2[cH-]ccc2c1. The van der Waals surface area contributed by atoms with Crippen LogP contribution in [0.25, 0.3) is 21.5 Å². The van der Waals surface area contributed by atoms with Crippen LogP contribution in [-0.2, 0) is 52.4 Å². The summed E-state index contributed by atoms with van der Waals surface area (Å²) in [6.45, 7) is 8.61. The van der Waals surface area contributed by atoms with Crippen molar-refractivity contribution in [2.75, 3.05) is 0 Å². The monoisotopic (exact) mass is 908 g/mol. The Kier molecular flexibility index (Phi) is 38.4. The van der Waals surface area contributed by atoms with Gasteiger partial charge in [0.05, 0.1) is 0 Å². The summed E-state index contributed by atoms with van der Waals surface area (Å²) in [4.78, 5) is 0. The zero-order chi connectivity index (χ0) is 29.8. The van der Waals surface area contributed by atoms with E-state index in [2.05, 4.69) is 160 Å². The van der Waals surface area contributed by atoms with E-state index in [0.717, 1.165) is 30.9 Å². The topological polar surface area (TPSA) is 0 Å². The maximum Gasteiger partial charge on any atom is 2.00 e. The average molecular weight is 913 g/mol. The number of allylic oxidation sites excluding steroid dienone is 8. The van der Waals surface area contributed by atoms with Crippen molar-refractivity contribution >= 4 is 90.2 Å². The number of hydrogen-bond acceptors (Lipinski definition) is 0. The third-order valence-corrected chi connectivity index (χ3v) is 7.52. The van der Waals surface area contributed by atoms with Gasteiger partial charge in [0.1, 0.15) is 0 Å². The summed E-state index contributed by atoms with van der Waals surface area (Å²) >= 11 is 0. The first-order valence-electron chi connectivity index (χ1n) is 15.5. The molecule has 2 unspecified atom stereocenters. The third kappa shape index (κ3) is 19.9. The number of rotatable bonds is 0. The molecule has 2 saturated carbocycles. The van der Waals surface area contributed by atoms with E-state index >= 15 is 0 Å². The molecule has 4 aromatic rings. The van der Waals surface area contributed by atoms with E-state index in [4.69, 9.17) is 0 Å². The largest absolute Gasteiger partial charge is 2.00 e. The third-order valence-electron chi connectivity index (χ3n) is 7.52. The molecule has 0 N–H and O–H groups in total. The van der Waals surface area contributed by atoms with E-state index in [1.165, 1.54) is 60.1 Å². The molecule has 4 radical (unpaired) electrons.